The monoisotopic (exact) mass is 306 g/mol. The summed E-state index contributed by atoms with van der Waals surface area (Å²) in [6.45, 7) is 5.94. The van der Waals surface area contributed by atoms with Crippen LogP contribution in [0.3, 0.4) is 0 Å². The topological polar surface area (TPSA) is 53.3 Å². The summed E-state index contributed by atoms with van der Waals surface area (Å²) in [6.07, 6.45) is -0.475. The second kappa shape index (κ2) is 7.28. The maximum absolute atomic E-state index is 12.2. The number of anilines is 1. The molecule has 4 heteroatoms. The first-order valence-electron chi connectivity index (χ1n) is 7.16. The van der Waals surface area contributed by atoms with Crippen LogP contribution in [0.4, 0.5) is 10.5 Å². The molecule has 23 heavy (non-hydrogen) atoms. The summed E-state index contributed by atoms with van der Waals surface area (Å²) >= 11 is 0. The Balaban J connectivity index is 2.14. The number of hydrogen-bond donors (Lipinski definition) is 0. The first-order chi connectivity index (χ1) is 11.0. The van der Waals surface area contributed by atoms with Crippen LogP contribution in [0.1, 0.15) is 23.6 Å². The lowest BCUT2D eigenvalue weighted by Crippen LogP contribution is -2.27. The highest BCUT2D eigenvalue weighted by Gasteiger charge is 2.14. The van der Waals surface area contributed by atoms with E-state index >= 15 is 0 Å². The second-order valence-corrected chi connectivity index (χ2v) is 5.26. The summed E-state index contributed by atoms with van der Waals surface area (Å²) < 4.78 is 5.30. The van der Waals surface area contributed by atoms with Crippen LogP contribution in [0.25, 0.3) is 5.57 Å². The quantitative estimate of drug-likeness (QED) is 0.843. The summed E-state index contributed by atoms with van der Waals surface area (Å²) in [5, 5.41) is 9.13. The van der Waals surface area contributed by atoms with Crippen LogP contribution in [0.15, 0.2) is 55.1 Å². The molecule has 0 aliphatic heterocycles. The molecule has 0 radical (unpaired) electrons. The van der Waals surface area contributed by atoms with Gasteiger partial charge in [0, 0.05) is 12.7 Å². The minimum atomic E-state index is -0.475. The third-order valence-corrected chi connectivity index (χ3v) is 3.41. The average Bonchev–Trinajstić information content (AvgIpc) is 2.59. The van der Waals surface area contributed by atoms with Gasteiger partial charge in [-0.1, -0.05) is 42.5 Å². The van der Waals surface area contributed by atoms with Crippen LogP contribution < -0.4 is 4.90 Å². The molecule has 0 N–H and O–H groups in total. The molecule has 116 valence electrons. The summed E-state index contributed by atoms with van der Waals surface area (Å²) in [7, 11) is 1.62. The zero-order valence-corrected chi connectivity index (χ0v) is 13.2. The van der Waals surface area contributed by atoms with Gasteiger partial charge in [-0.15, -0.1) is 0 Å². The van der Waals surface area contributed by atoms with Crippen LogP contribution in [0.5, 0.6) is 0 Å². The van der Waals surface area contributed by atoms with Gasteiger partial charge in [-0.2, -0.15) is 5.26 Å². The Hall–Kier alpha value is -3.06. The van der Waals surface area contributed by atoms with Gasteiger partial charge < -0.3 is 4.74 Å². The van der Waals surface area contributed by atoms with Crippen LogP contribution in [0, 0.1) is 11.3 Å². The van der Waals surface area contributed by atoms with E-state index in [0.717, 1.165) is 16.7 Å². The molecule has 0 spiro atoms. The Kier molecular flexibility index (Phi) is 5.16. The number of benzene rings is 2. The van der Waals surface area contributed by atoms with Gasteiger partial charge >= 0.3 is 6.09 Å². The number of amides is 1. The molecule has 0 unspecified atom stereocenters. The van der Waals surface area contributed by atoms with E-state index in [1.165, 1.54) is 4.90 Å². The van der Waals surface area contributed by atoms with Gasteiger partial charge in [0.15, 0.2) is 0 Å². The molecule has 0 saturated heterocycles. The van der Waals surface area contributed by atoms with Crippen molar-refractivity contribution in [2.45, 2.75) is 13.5 Å². The molecular weight excluding hydrogens is 288 g/mol. The lowest BCUT2D eigenvalue weighted by molar-refractivity contribution is 0.148. The second-order valence-electron chi connectivity index (χ2n) is 5.26. The summed E-state index contributed by atoms with van der Waals surface area (Å²) in [5.41, 5.74) is 3.64. The fourth-order valence-electron chi connectivity index (χ4n) is 2.04. The van der Waals surface area contributed by atoms with Gasteiger partial charge in [0.25, 0.3) is 0 Å². The third kappa shape index (κ3) is 4.21. The minimum absolute atomic E-state index is 0.204. The Labute approximate surface area is 136 Å². The predicted molar refractivity (Wildman–Crippen MR) is 90.9 cm³/mol. The normalized spacial score (nSPS) is 9.78. The smallest absolute Gasteiger partial charge is 0.414 e. The Morgan fingerprint density at radius 3 is 2.57 bits per heavy atom. The average molecular weight is 306 g/mol. The maximum atomic E-state index is 12.2. The molecule has 0 heterocycles. The minimum Gasteiger partial charge on any atom is -0.444 e. The molecule has 0 aliphatic carbocycles. The molecule has 4 nitrogen and oxygen atoms in total. The summed E-state index contributed by atoms with van der Waals surface area (Å²) in [4.78, 5) is 13.6. The van der Waals surface area contributed by atoms with Crippen molar-refractivity contribution in [3.63, 3.8) is 0 Å². The standard InChI is InChI=1S/C19H18N2O2/c1-14(2)17-9-16(12-20)10-18(11-17)21(3)19(22)23-13-15-7-5-4-6-8-15/h4-11H,1,13H2,2-3H3. The zero-order chi connectivity index (χ0) is 16.8. The number of rotatable bonds is 4. The number of hydrogen-bond acceptors (Lipinski definition) is 3. The van der Waals surface area contributed by atoms with E-state index in [2.05, 4.69) is 12.6 Å². The predicted octanol–water partition coefficient (Wildman–Crippen LogP) is 4.36. The highest BCUT2D eigenvalue weighted by Crippen LogP contribution is 2.23. The fourth-order valence-corrected chi connectivity index (χ4v) is 2.04. The molecule has 0 atom stereocenters. The Morgan fingerprint density at radius 1 is 1.26 bits per heavy atom. The Bertz CT molecular complexity index is 761. The summed E-state index contributed by atoms with van der Waals surface area (Å²) in [5.74, 6) is 0. The summed E-state index contributed by atoms with van der Waals surface area (Å²) in [6, 6.07) is 16.8. The van der Waals surface area contributed by atoms with E-state index in [1.54, 1.807) is 19.2 Å². The third-order valence-electron chi connectivity index (χ3n) is 3.41. The van der Waals surface area contributed by atoms with Gasteiger partial charge in [0.05, 0.1) is 11.6 Å². The molecule has 0 saturated carbocycles. The van der Waals surface area contributed by atoms with E-state index in [1.807, 2.05) is 43.3 Å². The lowest BCUT2D eigenvalue weighted by atomic mass is 10.0. The number of carbonyl (C=O) groups is 1. The van der Waals surface area contributed by atoms with Gasteiger partial charge in [0.1, 0.15) is 6.61 Å². The maximum Gasteiger partial charge on any atom is 0.414 e. The molecule has 2 aromatic carbocycles. The van der Waals surface area contributed by atoms with E-state index in [0.29, 0.717) is 11.3 Å². The molecule has 0 bridgehead atoms. The molecule has 2 aromatic rings. The van der Waals surface area contributed by atoms with Gasteiger partial charge in [-0.05, 0) is 36.2 Å². The fraction of sp³-hybridized carbons (Fsp3) is 0.158. The SMILES string of the molecule is C=C(C)c1cc(C#N)cc(N(C)C(=O)OCc2ccccc2)c1. The molecule has 0 aromatic heterocycles. The van der Waals surface area contributed by atoms with Crippen molar-refractivity contribution >= 4 is 17.4 Å². The van der Waals surface area contributed by atoms with Crippen molar-refractivity contribution in [1.29, 1.82) is 5.26 Å². The van der Waals surface area contributed by atoms with Crippen molar-refractivity contribution in [2.75, 3.05) is 11.9 Å². The number of allylic oxidation sites excluding steroid dienone is 1. The Morgan fingerprint density at radius 2 is 1.96 bits per heavy atom. The number of carbonyl (C=O) groups excluding carboxylic acids is 1. The number of nitriles is 1. The van der Waals surface area contributed by atoms with Crippen molar-refractivity contribution in [3.8, 4) is 6.07 Å². The van der Waals surface area contributed by atoms with Gasteiger partial charge in [0.2, 0.25) is 0 Å². The van der Waals surface area contributed by atoms with Crippen molar-refractivity contribution in [3.05, 3.63) is 71.8 Å². The van der Waals surface area contributed by atoms with E-state index in [-0.39, 0.29) is 6.61 Å². The first kappa shape index (κ1) is 16.3. The van der Waals surface area contributed by atoms with E-state index in [9.17, 15) is 4.79 Å². The van der Waals surface area contributed by atoms with Crippen molar-refractivity contribution in [1.82, 2.24) is 0 Å². The number of nitrogens with zero attached hydrogens (tertiary/aromatic N) is 2. The van der Waals surface area contributed by atoms with E-state index < -0.39 is 6.09 Å². The van der Waals surface area contributed by atoms with Crippen LogP contribution in [0.2, 0.25) is 0 Å². The molecule has 0 aliphatic rings. The number of ether oxygens (including phenoxy) is 1. The van der Waals surface area contributed by atoms with Gasteiger partial charge in [-0.25, -0.2) is 4.79 Å². The first-order valence-corrected chi connectivity index (χ1v) is 7.16. The molecule has 1 amide bonds. The lowest BCUT2D eigenvalue weighted by Gasteiger charge is -2.18. The van der Waals surface area contributed by atoms with Crippen LogP contribution >= 0.6 is 0 Å². The molecular formula is C19H18N2O2. The van der Waals surface area contributed by atoms with E-state index in [4.69, 9.17) is 10.00 Å². The molecule has 0 fully saturated rings. The highest BCUT2D eigenvalue weighted by molar-refractivity contribution is 5.88. The van der Waals surface area contributed by atoms with Crippen molar-refractivity contribution < 1.29 is 9.53 Å². The largest absolute Gasteiger partial charge is 0.444 e. The zero-order valence-electron chi connectivity index (χ0n) is 13.2. The van der Waals surface area contributed by atoms with Crippen LogP contribution in [-0.4, -0.2) is 13.1 Å². The molecule has 2 rings (SSSR count). The highest BCUT2D eigenvalue weighted by atomic mass is 16.6. The van der Waals surface area contributed by atoms with Crippen molar-refractivity contribution in [2.24, 2.45) is 0 Å². The van der Waals surface area contributed by atoms with Crippen LogP contribution in [-0.2, 0) is 11.3 Å². The van der Waals surface area contributed by atoms with Gasteiger partial charge in [-0.3, -0.25) is 4.90 Å².